The van der Waals surface area contributed by atoms with E-state index in [1.807, 2.05) is 0 Å². The third-order valence-corrected chi connectivity index (χ3v) is 3.29. The first-order valence-corrected chi connectivity index (χ1v) is 6.67. The molecule has 0 bridgehead atoms. The van der Waals surface area contributed by atoms with E-state index in [4.69, 9.17) is 9.52 Å². The van der Waals surface area contributed by atoms with Crippen LogP contribution in [0.15, 0.2) is 34.9 Å². The van der Waals surface area contributed by atoms with E-state index in [1.54, 1.807) is 25.1 Å². The van der Waals surface area contributed by atoms with Gasteiger partial charge >= 0.3 is 5.97 Å². The van der Waals surface area contributed by atoms with Crippen LogP contribution in [0, 0.1) is 12.7 Å². The first-order chi connectivity index (χ1) is 10.4. The fourth-order valence-corrected chi connectivity index (χ4v) is 2.20. The summed E-state index contributed by atoms with van der Waals surface area (Å²) < 4.78 is 18.8. The van der Waals surface area contributed by atoms with Gasteiger partial charge in [0.1, 0.15) is 18.0 Å². The summed E-state index contributed by atoms with van der Waals surface area (Å²) in [6, 6.07) is 6.19. The lowest BCUT2D eigenvalue weighted by Gasteiger charge is -2.18. The SMILES string of the molecule is Cc1coc(CC(=O)O)c1C(=O)N(C)Cc1ccccc1F. The Morgan fingerprint density at radius 3 is 2.64 bits per heavy atom. The number of amides is 1. The first kappa shape index (κ1) is 15.8. The van der Waals surface area contributed by atoms with Crippen molar-refractivity contribution in [3.8, 4) is 0 Å². The van der Waals surface area contributed by atoms with Gasteiger partial charge in [-0.2, -0.15) is 0 Å². The van der Waals surface area contributed by atoms with E-state index in [-0.39, 0.29) is 24.3 Å². The highest BCUT2D eigenvalue weighted by Gasteiger charge is 2.23. The van der Waals surface area contributed by atoms with E-state index in [0.29, 0.717) is 11.1 Å². The molecular weight excluding hydrogens is 289 g/mol. The van der Waals surface area contributed by atoms with Crippen LogP contribution in [0.3, 0.4) is 0 Å². The van der Waals surface area contributed by atoms with Gasteiger partial charge in [0.25, 0.3) is 5.91 Å². The van der Waals surface area contributed by atoms with Gasteiger partial charge < -0.3 is 14.4 Å². The number of hydrogen-bond donors (Lipinski definition) is 1. The van der Waals surface area contributed by atoms with Crippen molar-refractivity contribution < 1.29 is 23.5 Å². The number of carbonyl (C=O) groups is 2. The average Bonchev–Trinajstić information content (AvgIpc) is 2.80. The molecule has 0 fully saturated rings. The zero-order valence-corrected chi connectivity index (χ0v) is 12.3. The average molecular weight is 305 g/mol. The summed E-state index contributed by atoms with van der Waals surface area (Å²) in [4.78, 5) is 24.7. The van der Waals surface area contributed by atoms with Crippen LogP contribution >= 0.6 is 0 Å². The highest BCUT2D eigenvalue weighted by Crippen LogP contribution is 2.20. The van der Waals surface area contributed by atoms with Gasteiger partial charge in [0.05, 0.1) is 11.8 Å². The van der Waals surface area contributed by atoms with Crippen molar-refractivity contribution in [3.63, 3.8) is 0 Å². The van der Waals surface area contributed by atoms with Gasteiger partial charge in [0.2, 0.25) is 0 Å². The Hall–Kier alpha value is -2.63. The first-order valence-electron chi connectivity index (χ1n) is 6.67. The molecule has 6 heteroatoms. The molecule has 5 nitrogen and oxygen atoms in total. The molecule has 0 atom stereocenters. The maximum Gasteiger partial charge on any atom is 0.311 e. The van der Waals surface area contributed by atoms with Crippen molar-refractivity contribution in [3.05, 3.63) is 58.8 Å². The molecule has 1 aromatic heterocycles. The van der Waals surface area contributed by atoms with Crippen molar-refractivity contribution >= 4 is 11.9 Å². The Morgan fingerprint density at radius 1 is 1.32 bits per heavy atom. The molecule has 2 aromatic rings. The quantitative estimate of drug-likeness (QED) is 0.922. The zero-order valence-electron chi connectivity index (χ0n) is 12.3. The number of hydrogen-bond acceptors (Lipinski definition) is 3. The lowest BCUT2D eigenvalue weighted by molar-refractivity contribution is -0.136. The van der Waals surface area contributed by atoms with Crippen LogP contribution < -0.4 is 0 Å². The minimum atomic E-state index is -1.08. The van der Waals surface area contributed by atoms with Gasteiger partial charge in [0, 0.05) is 24.7 Å². The Balaban J connectivity index is 2.23. The Bertz CT molecular complexity index is 708. The summed E-state index contributed by atoms with van der Waals surface area (Å²) in [6.07, 6.45) is 0.977. The Kier molecular flexibility index (Phi) is 4.60. The maximum absolute atomic E-state index is 13.7. The van der Waals surface area contributed by atoms with Gasteiger partial charge in [-0.05, 0) is 13.0 Å². The number of nitrogens with zero attached hydrogens (tertiary/aromatic N) is 1. The molecule has 0 radical (unpaired) electrons. The standard InChI is InChI=1S/C16H16FNO4/c1-10-9-22-13(7-14(19)20)15(10)16(21)18(2)8-11-5-3-4-6-12(11)17/h3-6,9H,7-8H2,1-2H3,(H,19,20). The molecule has 1 amide bonds. The summed E-state index contributed by atoms with van der Waals surface area (Å²) in [6.45, 7) is 1.75. The van der Waals surface area contributed by atoms with Crippen LogP contribution in [-0.2, 0) is 17.8 Å². The van der Waals surface area contributed by atoms with Gasteiger partial charge in [0.15, 0.2) is 0 Å². The second-order valence-electron chi connectivity index (χ2n) is 5.04. The predicted molar refractivity (Wildman–Crippen MR) is 77.0 cm³/mol. The normalized spacial score (nSPS) is 10.5. The second-order valence-corrected chi connectivity index (χ2v) is 5.04. The summed E-state index contributed by atoms with van der Waals surface area (Å²) in [5.74, 6) is -1.77. The number of carboxylic acid groups (broad SMARTS) is 1. The molecule has 0 spiro atoms. The minimum absolute atomic E-state index is 0.0860. The molecule has 1 N–H and O–H groups in total. The van der Waals surface area contributed by atoms with E-state index < -0.39 is 17.7 Å². The highest BCUT2D eigenvalue weighted by molar-refractivity contribution is 5.97. The summed E-state index contributed by atoms with van der Waals surface area (Å²) in [7, 11) is 1.53. The van der Waals surface area contributed by atoms with Crippen molar-refractivity contribution in [2.45, 2.75) is 19.9 Å². The number of halogens is 1. The fourth-order valence-electron chi connectivity index (χ4n) is 2.20. The van der Waals surface area contributed by atoms with Crippen molar-refractivity contribution in [2.75, 3.05) is 7.05 Å². The molecule has 1 aromatic carbocycles. The molecule has 0 aliphatic carbocycles. The summed E-state index contributed by atoms with van der Waals surface area (Å²) >= 11 is 0. The lowest BCUT2D eigenvalue weighted by Crippen LogP contribution is -2.28. The number of aliphatic carboxylic acids is 1. The van der Waals surface area contributed by atoms with Gasteiger partial charge in [-0.15, -0.1) is 0 Å². The third kappa shape index (κ3) is 3.33. The molecule has 0 unspecified atom stereocenters. The predicted octanol–water partition coefficient (Wildman–Crippen LogP) is 2.63. The Morgan fingerprint density at radius 2 is 2.00 bits per heavy atom. The van der Waals surface area contributed by atoms with Crippen LogP contribution in [-0.4, -0.2) is 28.9 Å². The molecule has 22 heavy (non-hydrogen) atoms. The minimum Gasteiger partial charge on any atom is -0.481 e. The van der Waals surface area contributed by atoms with E-state index in [9.17, 15) is 14.0 Å². The molecule has 0 saturated heterocycles. The molecule has 116 valence electrons. The van der Waals surface area contributed by atoms with Crippen LogP contribution in [0.2, 0.25) is 0 Å². The number of carbonyl (C=O) groups excluding carboxylic acids is 1. The summed E-state index contributed by atoms with van der Waals surface area (Å²) in [5.41, 5.74) is 1.17. The fraction of sp³-hybridized carbons (Fsp3) is 0.250. The van der Waals surface area contributed by atoms with Crippen molar-refractivity contribution in [2.24, 2.45) is 0 Å². The van der Waals surface area contributed by atoms with Gasteiger partial charge in [-0.3, -0.25) is 9.59 Å². The zero-order chi connectivity index (χ0) is 16.3. The molecule has 1 heterocycles. The monoisotopic (exact) mass is 305 g/mol. The van der Waals surface area contributed by atoms with Crippen LogP contribution in [0.25, 0.3) is 0 Å². The maximum atomic E-state index is 13.7. The summed E-state index contributed by atoms with van der Waals surface area (Å²) in [5, 5.41) is 8.86. The van der Waals surface area contributed by atoms with E-state index in [2.05, 4.69) is 0 Å². The van der Waals surface area contributed by atoms with E-state index in [1.165, 1.54) is 24.3 Å². The molecule has 0 aliphatic rings. The largest absolute Gasteiger partial charge is 0.481 e. The molecular formula is C16H16FNO4. The van der Waals surface area contributed by atoms with E-state index >= 15 is 0 Å². The number of benzene rings is 1. The van der Waals surface area contributed by atoms with Gasteiger partial charge in [-0.25, -0.2) is 4.39 Å². The molecule has 2 rings (SSSR count). The Labute approximate surface area is 127 Å². The lowest BCUT2D eigenvalue weighted by atomic mass is 10.1. The number of carboxylic acids is 1. The molecule has 0 aliphatic heterocycles. The number of aryl methyl sites for hydroxylation is 1. The van der Waals surface area contributed by atoms with Crippen molar-refractivity contribution in [1.29, 1.82) is 0 Å². The number of furan rings is 1. The second kappa shape index (κ2) is 6.43. The van der Waals surface area contributed by atoms with Crippen LogP contribution in [0.4, 0.5) is 4.39 Å². The number of rotatable bonds is 5. The van der Waals surface area contributed by atoms with Gasteiger partial charge in [-0.1, -0.05) is 18.2 Å². The molecule has 0 saturated carbocycles. The highest BCUT2D eigenvalue weighted by atomic mass is 19.1. The van der Waals surface area contributed by atoms with Crippen molar-refractivity contribution in [1.82, 2.24) is 4.90 Å². The smallest absolute Gasteiger partial charge is 0.311 e. The van der Waals surface area contributed by atoms with Crippen LogP contribution in [0.1, 0.15) is 27.2 Å². The topological polar surface area (TPSA) is 70.7 Å². The van der Waals surface area contributed by atoms with E-state index in [0.717, 1.165) is 0 Å². The third-order valence-electron chi connectivity index (χ3n) is 3.29. The van der Waals surface area contributed by atoms with Crippen LogP contribution in [0.5, 0.6) is 0 Å².